The van der Waals surface area contributed by atoms with Crippen LogP contribution in [0.25, 0.3) is 10.9 Å². The summed E-state index contributed by atoms with van der Waals surface area (Å²) in [5.41, 5.74) is 8.14. The first kappa shape index (κ1) is 46.4. The number of para-hydroxylation sites is 1. The highest BCUT2D eigenvalue weighted by molar-refractivity contribution is 7.98. The summed E-state index contributed by atoms with van der Waals surface area (Å²) in [6, 6.07) is 7.17. The Bertz CT molecular complexity index is 1930. The fraction of sp³-hybridized carbons (Fsp3) is 0.436. The largest absolute Gasteiger partial charge is 0.481 e. The van der Waals surface area contributed by atoms with E-state index in [1.165, 1.54) is 11.8 Å². The summed E-state index contributed by atoms with van der Waals surface area (Å²) in [5, 5.41) is 41.9. The number of carbonyl (C=O) groups excluding carboxylic acids is 5. The van der Waals surface area contributed by atoms with Crippen LogP contribution in [0, 0.1) is 5.92 Å². The van der Waals surface area contributed by atoms with Crippen molar-refractivity contribution in [2.24, 2.45) is 11.7 Å². The molecule has 19 heteroatoms. The molecule has 0 aliphatic carbocycles. The van der Waals surface area contributed by atoms with Crippen molar-refractivity contribution in [3.05, 3.63) is 71.9 Å². The van der Waals surface area contributed by atoms with E-state index in [2.05, 4.69) is 31.6 Å². The average molecular weight is 826 g/mol. The van der Waals surface area contributed by atoms with Gasteiger partial charge < -0.3 is 52.6 Å². The number of H-pyrrole nitrogens is 1. The van der Waals surface area contributed by atoms with Crippen LogP contribution in [0.2, 0.25) is 0 Å². The topological polar surface area (TPSA) is 299 Å². The van der Waals surface area contributed by atoms with Crippen molar-refractivity contribution in [1.82, 2.24) is 31.6 Å². The van der Waals surface area contributed by atoms with Gasteiger partial charge >= 0.3 is 17.9 Å². The molecule has 18 nitrogen and oxygen atoms in total. The molecule has 0 aliphatic rings. The highest BCUT2D eigenvalue weighted by Gasteiger charge is 2.35. The minimum atomic E-state index is -1.84. The fourth-order valence-corrected chi connectivity index (χ4v) is 6.47. The van der Waals surface area contributed by atoms with Crippen LogP contribution in [0.3, 0.4) is 0 Å². The van der Waals surface area contributed by atoms with Gasteiger partial charge in [-0.25, -0.2) is 4.79 Å². The van der Waals surface area contributed by atoms with E-state index >= 15 is 0 Å². The lowest BCUT2D eigenvalue weighted by Crippen LogP contribution is -2.60. The van der Waals surface area contributed by atoms with Crippen molar-refractivity contribution in [2.75, 3.05) is 12.0 Å². The van der Waals surface area contributed by atoms with Crippen LogP contribution in [-0.2, 0) is 51.2 Å². The van der Waals surface area contributed by atoms with E-state index < -0.39 is 102 Å². The number of rotatable bonds is 24. The minimum Gasteiger partial charge on any atom is -0.481 e. The number of nitrogens with two attached hydrogens (primary N) is 1. The molecular weight excluding hydrogens is 775 g/mol. The predicted octanol–water partition coefficient (Wildman–Crippen LogP) is 0.538. The van der Waals surface area contributed by atoms with Gasteiger partial charge in [0.15, 0.2) is 0 Å². The first-order chi connectivity index (χ1) is 27.5. The molecule has 0 saturated heterocycles. The molecule has 11 N–H and O–H groups in total. The Morgan fingerprint density at radius 3 is 1.79 bits per heavy atom. The molecule has 314 valence electrons. The highest BCUT2D eigenvalue weighted by atomic mass is 32.2. The van der Waals surface area contributed by atoms with Crippen molar-refractivity contribution in [3.63, 3.8) is 0 Å². The first-order valence-corrected chi connectivity index (χ1v) is 20.0. The number of fused-ring (bicyclic) bond motifs is 1. The van der Waals surface area contributed by atoms with Crippen LogP contribution in [-0.4, -0.2) is 116 Å². The molecule has 7 atom stereocenters. The Morgan fingerprint density at radius 2 is 1.22 bits per heavy atom. The quantitative estimate of drug-likeness (QED) is 0.0591. The SMILES string of the molecule is CC[C@H](C)[C@H](NC(=O)[C@H](CCSC)NC(=O)[C@H](CC(=O)O)NC(=O)[C@H](CC(=O)O)NC(=O)[C@H](N)Cc1ccccc1)C(=O)N[C@@H](Cc1c[nH]c2ccccc12)C(=O)O. The standard InChI is InChI=1S/C39H51N7O11S/c1-4-21(2)33(38(55)45-30(39(56)57)17-23-20-41-26-13-9-8-12-24(23)26)46-35(52)27(14-15-58-3)42-36(53)29(19-32(49)50)44-37(54)28(18-31(47)48)43-34(51)25(40)16-22-10-6-5-7-11-22/h5-13,20-21,25,27-30,33,41H,4,14-19,40H2,1-3H3,(H,42,53)(H,43,51)(H,44,54)(H,45,55)(H,46,52)(H,47,48)(H,49,50)(H,56,57)/t21-,25+,27-,28-,29-,30-,33-/m0/s1. The molecule has 3 aromatic rings. The normalized spacial score (nSPS) is 14.7. The molecule has 0 unspecified atom stereocenters. The second-order valence-electron chi connectivity index (χ2n) is 13.8. The number of carboxylic acid groups (broad SMARTS) is 3. The number of carboxylic acids is 3. The number of carbonyl (C=O) groups is 8. The summed E-state index contributed by atoms with van der Waals surface area (Å²) < 4.78 is 0. The lowest BCUT2D eigenvalue weighted by molar-refractivity contribution is -0.143. The Labute approximate surface area is 338 Å². The van der Waals surface area contributed by atoms with Gasteiger partial charge in [0.25, 0.3) is 0 Å². The second kappa shape index (κ2) is 22.7. The van der Waals surface area contributed by atoms with Crippen molar-refractivity contribution in [2.45, 2.75) is 88.6 Å². The van der Waals surface area contributed by atoms with E-state index in [4.69, 9.17) is 5.73 Å². The number of aromatic amines is 1. The Hall–Kier alpha value is -5.95. The van der Waals surface area contributed by atoms with E-state index in [9.17, 15) is 53.7 Å². The van der Waals surface area contributed by atoms with E-state index in [0.29, 0.717) is 23.3 Å². The summed E-state index contributed by atoms with van der Waals surface area (Å²) >= 11 is 1.32. The van der Waals surface area contributed by atoms with Crippen molar-refractivity contribution in [1.29, 1.82) is 0 Å². The van der Waals surface area contributed by atoms with Gasteiger partial charge in [-0.3, -0.25) is 33.6 Å². The molecule has 1 aromatic heterocycles. The molecule has 0 saturated carbocycles. The zero-order valence-electron chi connectivity index (χ0n) is 32.4. The number of thioether (sulfide) groups is 1. The van der Waals surface area contributed by atoms with E-state index in [0.717, 1.165) is 10.9 Å². The number of amides is 5. The molecule has 3 rings (SSSR count). The van der Waals surface area contributed by atoms with Gasteiger partial charge in [0.05, 0.1) is 18.9 Å². The maximum atomic E-state index is 13.8. The van der Waals surface area contributed by atoms with Gasteiger partial charge in [0, 0.05) is 23.5 Å². The van der Waals surface area contributed by atoms with Gasteiger partial charge in [0.1, 0.15) is 30.2 Å². The molecule has 0 radical (unpaired) electrons. The molecule has 1 heterocycles. The molecule has 0 aliphatic heterocycles. The zero-order chi connectivity index (χ0) is 42.9. The Balaban J connectivity index is 1.77. The van der Waals surface area contributed by atoms with Gasteiger partial charge in [-0.15, -0.1) is 0 Å². The van der Waals surface area contributed by atoms with E-state index in [1.807, 2.05) is 18.2 Å². The predicted molar refractivity (Wildman–Crippen MR) is 214 cm³/mol. The molecule has 5 amide bonds. The van der Waals surface area contributed by atoms with Crippen LogP contribution in [0.1, 0.15) is 50.7 Å². The number of aliphatic carboxylic acids is 3. The number of aromatic nitrogens is 1. The lowest BCUT2D eigenvalue weighted by atomic mass is 9.96. The fourth-order valence-electron chi connectivity index (χ4n) is 5.99. The van der Waals surface area contributed by atoms with Crippen LogP contribution in [0.5, 0.6) is 0 Å². The Morgan fingerprint density at radius 1 is 0.690 bits per heavy atom. The van der Waals surface area contributed by atoms with Gasteiger partial charge in [-0.05, 0) is 48.0 Å². The minimum absolute atomic E-state index is 0.00334. The third kappa shape index (κ3) is 14.2. The summed E-state index contributed by atoms with van der Waals surface area (Å²) in [5.74, 6) is -9.31. The molecule has 0 bridgehead atoms. The van der Waals surface area contributed by atoms with E-state index in [1.54, 1.807) is 62.7 Å². The number of benzene rings is 2. The first-order valence-electron chi connectivity index (χ1n) is 18.6. The van der Waals surface area contributed by atoms with Gasteiger partial charge in [-0.1, -0.05) is 68.8 Å². The lowest BCUT2D eigenvalue weighted by Gasteiger charge is -2.28. The van der Waals surface area contributed by atoms with Crippen LogP contribution >= 0.6 is 11.8 Å². The molecular formula is C39H51N7O11S. The van der Waals surface area contributed by atoms with Gasteiger partial charge in [-0.2, -0.15) is 11.8 Å². The molecule has 0 spiro atoms. The van der Waals surface area contributed by atoms with Crippen molar-refractivity contribution in [3.8, 4) is 0 Å². The third-order valence-corrected chi connectivity index (χ3v) is 10.1. The zero-order valence-corrected chi connectivity index (χ0v) is 33.2. The van der Waals surface area contributed by atoms with Crippen LogP contribution < -0.4 is 32.3 Å². The number of hydrogen-bond acceptors (Lipinski definition) is 10. The summed E-state index contributed by atoms with van der Waals surface area (Å²) in [6.45, 7) is 3.44. The summed E-state index contributed by atoms with van der Waals surface area (Å²) in [6.07, 6.45) is 1.86. The summed E-state index contributed by atoms with van der Waals surface area (Å²) in [7, 11) is 0. The Kier molecular flexibility index (Phi) is 18.2. The van der Waals surface area contributed by atoms with Crippen LogP contribution in [0.4, 0.5) is 0 Å². The third-order valence-electron chi connectivity index (χ3n) is 9.41. The second-order valence-corrected chi connectivity index (χ2v) is 14.8. The van der Waals surface area contributed by atoms with Crippen molar-refractivity contribution < 1.29 is 53.7 Å². The van der Waals surface area contributed by atoms with Gasteiger partial charge in [0.2, 0.25) is 29.5 Å². The van der Waals surface area contributed by atoms with Crippen molar-refractivity contribution >= 4 is 70.1 Å². The monoisotopic (exact) mass is 825 g/mol. The maximum absolute atomic E-state index is 13.8. The molecule has 0 fully saturated rings. The maximum Gasteiger partial charge on any atom is 0.326 e. The smallest absolute Gasteiger partial charge is 0.326 e. The summed E-state index contributed by atoms with van der Waals surface area (Å²) in [4.78, 5) is 106. The molecule has 2 aromatic carbocycles. The van der Waals surface area contributed by atoms with E-state index in [-0.39, 0.29) is 19.3 Å². The number of hydrogen-bond donors (Lipinski definition) is 10. The molecule has 58 heavy (non-hydrogen) atoms. The van der Waals surface area contributed by atoms with Crippen LogP contribution in [0.15, 0.2) is 60.8 Å². The number of nitrogens with one attached hydrogen (secondary N) is 6. The average Bonchev–Trinajstić information content (AvgIpc) is 3.59. The highest BCUT2D eigenvalue weighted by Crippen LogP contribution is 2.20.